The maximum Gasteiger partial charge on any atom is 0.523 e. The van der Waals surface area contributed by atoms with Crippen molar-refractivity contribution in [3.63, 3.8) is 0 Å². The molecule has 0 bridgehead atoms. The third-order valence-corrected chi connectivity index (χ3v) is 10.5. The number of fused-ring (bicyclic) bond motifs is 1. The molecule has 9 heteroatoms. The fourth-order valence-corrected chi connectivity index (χ4v) is 9.11. The lowest BCUT2D eigenvalue weighted by Gasteiger charge is -2.35. The van der Waals surface area contributed by atoms with E-state index in [1.54, 1.807) is 24.3 Å². The van der Waals surface area contributed by atoms with E-state index in [0.717, 1.165) is 10.9 Å². The maximum atomic E-state index is 13.0. The van der Waals surface area contributed by atoms with Crippen molar-refractivity contribution < 1.29 is 30.0 Å². The summed E-state index contributed by atoms with van der Waals surface area (Å²) in [6.45, 7) is 0.383. The van der Waals surface area contributed by atoms with Gasteiger partial charge in [-0.05, 0) is 53.4 Å². The van der Waals surface area contributed by atoms with Gasteiger partial charge in [0, 0.05) is 16.4 Å². The van der Waals surface area contributed by atoms with Crippen LogP contribution in [-0.2, 0) is 20.4 Å². The van der Waals surface area contributed by atoms with Gasteiger partial charge in [-0.1, -0.05) is 52.8 Å². The fraction of sp³-hybridized carbons (Fsp3) is 0.273. The van der Waals surface area contributed by atoms with E-state index in [1.165, 1.54) is 0 Å². The first-order valence-electron chi connectivity index (χ1n) is 9.71. The Balaban J connectivity index is 1.68. The van der Waals surface area contributed by atoms with Gasteiger partial charge in [0.1, 0.15) is 12.4 Å². The quantitative estimate of drug-likeness (QED) is 0.405. The van der Waals surface area contributed by atoms with Crippen molar-refractivity contribution in [3.05, 3.63) is 72.3 Å². The van der Waals surface area contributed by atoms with Gasteiger partial charge in [0.2, 0.25) is 0 Å². The number of alkyl halides is 3. The number of hydrogen-bond acceptors (Lipinski definition) is 4. The second kappa shape index (κ2) is 8.37. The van der Waals surface area contributed by atoms with Crippen LogP contribution >= 0.6 is 10.3 Å². The van der Waals surface area contributed by atoms with E-state index in [4.69, 9.17) is 8.37 Å². The van der Waals surface area contributed by atoms with Crippen LogP contribution < -0.4 is 4.74 Å². The molecule has 1 saturated heterocycles. The predicted molar refractivity (Wildman–Crippen MR) is 116 cm³/mol. The van der Waals surface area contributed by atoms with Crippen molar-refractivity contribution in [2.75, 3.05) is 11.5 Å². The smallest absolute Gasteiger partial charge is 0.489 e. The van der Waals surface area contributed by atoms with Crippen LogP contribution in [0, 0.1) is 0 Å². The van der Waals surface area contributed by atoms with Gasteiger partial charge in [-0.15, -0.1) is 0 Å². The highest BCUT2D eigenvalue weighted by atomic mass is 32.3. The molecular weight excluding hydrogens is 449 g/mol. The summed E-state index contributed by atoms with van der Waals surface area (Å²) in [4.78, 5) is 0.532. The van der Waals surface area contributed by atoms with Crippen molar-refractivity contribution in [3.8, 4) is 5.75 Å². The standard InChI is InChI=1S/C22H21F3O4S2/c23-22(24,25)31(26,27)29-30(13-4-5-14-30)21-10-6-9-18-15-19(11-12-20(18)21)28-16-17-7-2-1-3-8-17/h1-3,6-12,15H,4-5,13-14,16H2. The largest absolute Gasteiger partial charge is 0.523 e. The lowest BCUT2D eigenvalue weighted by Crippen LogP contribution is -2.27. The molecule has 4 nitrogen and oxygen atoms in total. The van der Waals surface area contributed by atoms with Gasteiger partial charge in [0.15, 0.2) is 0 Å². The van der Waals surface area contributed by atoms with Gasteiger partial charge >= 0.3 is 15.6 Å². The highest BCUT2D eigenvalue weighted by Crippen LogP contribution is 2.65. The molecule has 4 rings (SSSR count). The fourth-order valence-electron chi connectivity index (χ4n) is 3.69. The van der Waals surface area contributed by atoms with Crippen LogP contribution in [0.15, 0.2) is 71.6 Å². The van der Waals surface area contributed by atoms with Crippen LogP contribution in [0.1, 0.15) is 18.4 Å². The lowest BCUT2D eigenvalue weighted by molar-refractivity contribution is -0.0496. The van der Waals surface area contributed by atoms with E-state index in [-0.39, 0.29) is 11.5 Å². The Morgan fingerprint density at radius 3 is 2.29 bits per heavy atom. The average Bonchev–Trinajstić information content (AvgIpc) is 3.20. The zero-order valence-corrected chi connectivity index (χ0v) is 18.1. The summed E-state index contributed by atoms with van der Waals surface area (Å²) in [5.74, 6) is 1.19. The summed E-state index contributed by atoms with van der Waals surface area (Å²) in [6, 6.07) is 20.2. The zero-order chi connectivity index (χ0) is 22.1. The molecule has 0 atom stereocenters. The number of benzene rings is 3. The zero-order valence-electron chi connectivity index (χ0n) is 16.5. The number of halogens is 3. The molecule has 0 aliphatic carbocycles. The van der Waals surface area contributed by atoms with Crippen LogP contribution in [0.2, 0.25) is 0 Å². The second-order valence-electron chi connectivity index (χ2n) is 7.31. The van der Waals surface area contributed by atoms with Crippen LogP contribution in [0.5, 0.6) is 5.75 Å². The van der Waals surface area contributed by atoms with Crippen LogP contribution in [0.4, 0.5) is 13.2 Å². The van der Waals surface area contributed by atoms with Crippen molar-refractivity contribution in [2.45, 2.75) is 29.9 Å². The van der Waals surface area contributed by atoms with Gasteiger partial charge in [0.25, 0.3) is 0 Å². The summed E-state index contributed by atoms with van der Waals surface area (Å²) in [5, 5.41) is 1.44. The molecule has 0 aromatic heterocycles. The predicted octanol–water partition coefficient (Wildman–Crippen LogP) is 6.16. The SMILES string of the molecule is O=S(=O)(OS1(c2cccc3cc(OCc4ccccc4)ccc23)CCCC1)C(F)(F)F. The average molecular weight is 471 g/mol. The Kier molecular flexibility index (Phi) is 5.93. The molecule has 3 aromatic carbocycles. The van der Waals surface area contributed by atoms with Gasteiger partial charge in [0.05, 0.1) is 0 Å². The normalized spacial score (nSPS) is 17.5. The Labute approximate surface area is 180 Å². The van der Waals surface area contributed by atoms with Crippen molar-refractivity contribution >= 4 is 31.2 Å². The Hall–Kier alpha value is -2.23. The highest BCUT2D eigenvalue weighted by molar-refractivity contribution is 8.33. The third kappa shape index (κ3) is 4.53. The molecule has 0 spiro atoms. The molecule has 1 fully saturated rings. The van der Waals surface area contributed by atoms with E-state index in [2.05, 4.69) is 0 Å². The minimum absolute atomic E-state index is 0.285. The third-order valence-electron chi connectivity index (χ3n) is 5.16. The first-order chi connectivity index (χ1) is 14.7. The first kappa shape index (κ1) is 22.0. The summed E-state index contributed by atoms with van der Waals surface area (Å²) >= 11 is 0. The molecular formula is C22H21F3O4S2. The first-order valence-corrected chi connectivity index (χ1v) is 13.0. The summed E-state index contributed by atoms with van der Waals surface area (Å²) in [6.07, 6.45) is 1.24. The lowest BCUT2D eigenvalue weighted by atomic mass is 10.1. The monoisotopic (exact) mass is 470 g/mol. The Morgan fingerprint density at radius 2 is 1.61 bits per heavy atom. The second-order valence-corrected chi connectivity index (χ2v) is 12.1. The molecule has 0 amide bonds. The molecule has 1 aliphatic heterocycles. The minimum Gasteiger partial charge on any atom is -0.489 e. The van der Waals surface area contributed by atoms with Gasteiger partial charge in [-0.25, -0.2) is 3.63 Å². The molecule has 0 saturated carbocycles. The van der Waals surface area contributed by atoms with Crippen molar-refractivity contribution in [1.82, 2.24) is 0 Å². The summed E-state index contributed by atoms with van der Waals surface area (Å²) in [7, 11) is -8.32. The minimum atomic E-state index is -5.69. The van der Waals surface area contributed by atoms with E-state index in [1.807, 2.05) is 42.5 Å². The summed E-state index contributed by atoms with van der Waals surface area (Å²) in [5.41, 5.74) is -4.44. The maximum absolute atomic E-state index is 13.0. The molecule has 0 unspecified atom stereocenters. The highest BCUT2D eigenvalue weighted by Gasteiger charge is 2.52. The van der Waals surface area contributed by atoms with Gasteiger partial charge in [-0.3, -0.25) is 0 Å². The Morgan fingerprint density at radius 1 is 0.903 bits per heavy atom. The topological polar surface area (TPSA) is 52.6 Å². The van der Waals surface area contributed by atoms with Crippen LogP contribution in [0.25, 0.3) is 10.8 Å². The van der Waals surface area contributed by atoms with E-state index in [9.17, 15) is 21.6 Å². The number of hydrogen-bond donors (Lipinski definition) is 0. The van der Waals surface area contributed by atoms with Gasteiger partial charge in [-0.2, -0.15) is 21.6 Å². The van der Waals surface area contributed by atoms with E-state index >= 15 is 0 Å². The number of rotatable bonds is 6. The molecule has 3 aromatic rings. The molecule has 1 heterocycles. The van der Waals surface area contributed by atoms with E-state index in [0.29, 0.717) is 35.5 Å². The molecule has 166 valence electrons. The van der Waals surface area contributed by atoms with Crippen LogP contribution in [0.3, 0.4) is 0 Å². The summed E-state index contributed by atoms with van der Waals surface area (Å²) < 4.78 is 73.7. The molecule has 31 heavy (non-hydrogen) atoms. The molecule has 0 radical (unpaired) electrons. The van der Waals surface area contributed by atoms with Crippen molar-refractivity contribution in [2.24, 2.45) is 0 Å². The van der Waals surface area contributed by atoms with Crippen molar-refractivity contribution in [1.29, 1.82) is 0 Å². The van der Waals surface area contributed by atoms with Gasteiger partial charge < -0.3 is 4.74 Å². The molecule has 0 N–H and O–H groups in total. The number of ether oxygens (including phenoxy) is 1. The van der Waals surface area contributed by atoms with Crippen LogP contribution in [-0.4, -0.2) is 25.4 Å². The molecule has 1 aliphatic rings. The Bertz CT molecular complexity index is 1170. The van der Waals surface area contributed by atoms with E-state index < -0.39 is 25.9 Å².